The minimum Gasteiger partial charge on any atom is -0.444 e. The summed E-state index contributed by atoms with van der Waals surface area (Å²) >= 11 is 0. The van der Waals surface area contributed by atoms with Crippen LogP contribution in [0.4, 0.5) is 4.79 Å². The molecule has 2 saturated heterocycles. The highest BCUT2D eigenvalue weighted by molar-refractivity contribution is 5.69. The number of fused-ring (bicyclic) bond motifs is 3. The lowest BCUT2D eigenvalue weighted by Gasteiger charge is -2.50. The molecule has 2 heterocycles. The number of nitrogens with zero attached hydrogens (tertiary/aromatic N) is 1. The highest BCUT2D eigenvalue weighted by Gasteiger charge is 2.46. The van der Waals surface area contributed by atoms with E-state index in [1.54, 1.807) is 0 Å². The monoisotopic (exact) mass is 235 g/mol. The summed E-state index contributed by atoms with van der Waals surface area (Å²) in [4.78, 5) is 13.9. The Labute approximate surface area is 104 Å². The molecule has 0 atom stereocenters. The van der Waals surface area contributed by atoms with Gasteiger partial charge in [0.05, 0.1) is 0 Å². The maximum Gasteiger partial charge on any atom is 0.410 e. The summed E-state index contributed by atoms with van der Waals surface area (Å²) in [6, 6.07) is 0.333. The van der Waals surface area contributed by atoms with Crippen molar-refractivity contribution in [1.82, 2.24) is 4.90 Å². The number of rotatable bonds is 0. The first-order chi connectivity index (χ1) is 7.85. The molecule has 0 aromatic carbocycles. The largest absolute Gasteiger partial charge is 0.444 e. The Morgan fingerprint density at radius 1 is 1.41 bits per heavy atom. The van der Waals surface area contributed by atoms with Crippen LogP contribution in [0, 0.1) is 17.8 Å². The van der Waals surface area contributed by atoms with E-state index in [0.29, 0.717) is 12.6 Å². The molecule has 17 heavy (non-hydrogen) atoms. The Morgan fingerprint density at radius 2 is 2.00 bits per heavy atom. The topological polar surface area (TPSA) is 29.5 Å². The number of amides is 1. The van der Waals surface area contributed by atoms with Crippen LogP contribution in [0.2, 0.25) is 0 Å². The molecule has 0 aromatic rings. The zero-order valence-corrected chi connectivity index (χ0v) is 11.0. The molecule has 1 aliphatic carbocycles. The van der Waals surface area contributed by atoms with E-state index in [-0.39, 0.29) is 11.5 Å². The summed E-state index contributed by atoms with van der Waals surface area (Å²) in [7, 11) is 0. The van der Waals surface area contributed by atoms with Crippen molar-refractivity contribution in [3.05, 3.63) is 0 Å². The molecule has 2 bridgehead atoms. The van der Waals surface area contributed by atoms with Gasteiger partial charge in [0.2, 0.25) is 0 Å². The molecule has 0 spiro atoms. The third kappa shape index (κ3) is 2.41. The van der Waals surface area contributed by atoms with Gasteiger partial charge in [-0.25, -0.2) is 4.79 Å². The van der Waals surface area contributed by atoms with Crippen molar-refractivity contribution in [2.75, 3.05) is 6.54 Å². The van der Waals surface area contributed by atoms with E-state index in [9.17, 15) is 4.79 Å². The molecule has 0 radical (unpaired) electrons. The molecular weight excluding hydrogens is 214 g/mol. The molecule has 1 saturated carbocycles. The Kier molecular flexibility index (Phi) is 2.85. The number of hydrogen-bond acceptors (Lipinski definition) is 2. The van der Waals surface area contributed by atoms with Crippen LogP contribution in [0.3, 0.4) is 0 Å². The molecule has 3 fully saturated rings. The van der Waals surface area contributed by atoms with Gasteiger partial charge in [0.25, 0.3) is 0 Å². The Balaban J connectivity index is 2.08. The summed E-state index contributed by atoms with van der Waals surface area (Å²) < 4.78 is 5.44. The van der Waals surface area contributed by atoms with E-state index in [2.05, 4.69) is 5.92 Å². The first-order valence-electron chi connectivity index (χ1n) is 6.33. The minimum atomic E-state index is -0.433. The van der Waals surface area contributed by atoms with Crippen LogP contribution < -0.4 is 0 Å². The zero-order chi connectivity index (χ0) is 12.7. The number of terminal acetylenes is 1. The van der Waals surface area contributed by atoms with E-state index in [4.69, 9.17) is 11.2 Å². The molecular formula is C14H21NO2. The summed E-state index contributed by atoms with van der Waals surface area (Å²) in [6.45, 7) is 6.35. The fourth-order valence-electron chi connectivity index (χ4n) is 2.80. The van der Waals surface area contributed by atoms with Crippen LogP contribution in [0.5, 0.6) is 0 Å². The number of ether oxygens (including phenoxy) is 1. The Morgan fingerprint density at radius 3 is 2.47 bits per heavy atom. The average Bonchev–Trinajstić information content (AvgIpc) is 2.28. The highest BCUT2D eigenvalue weighted by Crippen LogP contribution is 2.44. The van der Waals surface area contributed by atoms with Gasteiger partial charge in [-0.2, -0.15) is 0 Å². The molecule has 3 nitrogen and oxygen atoms in total. The van der Waals surface area contributed by atoms with Crippen molar-refractivity contribution in [3.63, 3.8) is 0 Å². The molecule has 3 heteroatoms. The van der Waals surface area contributed by atoms with Gasteiger partial charge in [0, 0.05) is 18.0 Å². The van der Waals surface area contributed by atoms with Crippen molar-refractivity contribution in [2.45, 2.75) is 58.1 Å². The van der Waals surface area contributed by atoms with Gasteiger partial charge in [0.15, 0.2) is 0 Å². The average molecular weight is 235 g/mol. The van der Waals surface area contributed by atoms with Crippen LogP contribution in [-0.4, -0.2) is 29.2 Å². The van der Waals surface area contributed by atoms with Crippen LogP contribution in [0.15, 0.2) is 0 Å². The predicted molar refractivity (Wildman–Crippen MR) is 66.5 cm³/mol. The fourth-order valence-corrected chi connectivity index (χ4v) is 2.80. The normalized spacial score (nSPS) is 32.1. The van der Waals surface area contributed by atoms with Crippen LogP contribution in [0.25, 0.3) is 0 Å². The van der Waals surface area contributed by atoms with Gasteiger partial charge in [-0.15, -0.1) is 6.42 Å². The zero-order valence-electron chi connectivity index (χ0n) is 11.0. The number of carbonyl (C=O) groups is 1. The quantitative estimate of drug-likeness (QED) is 0.604. The number of hydrogen-bond donors (Lipinski definition) is 0. The summed E-state index contributed by atoms with van der Waals surface area (Å²) in [5.74, 6) is 2.90. The third-order valence-electron chi connectivity index (χ3n) is 3.76. The molecule has 0 aromatic heterocycles. The maximum atomic E-state index is 12.1. The second kappa shape index (κ2) is 3.94. The Hall–Kier alpha value is -1.17. The molecule has 3 rings (SSSR count). The van der Waals surface area contributed by atoms with E-state index < -0.39 is 5.60 Å². The van der Waals surface area contributed by atoms with Gasteiger partial charge in [-0.1, -0.05) is 5.92 Å². The van der Waals surface area contributed by atoms with Crippen molar-refractivity contribution in [2.24, 2.45) is 5.41 Å². The van der Waals surface area contributed by atoms with Gasteiger partial charge < -0.3 is 9.64 Å². The summed E-state index contributed by atoms with van der Waals surface area (Å²) in [5, 5.41) is 0. The van der Waals surface area contributed by atoms with Gasteiger partial charge in [0.1, 0.15) is 5.60 Å². The lowest BCUT2D eigenvalue weighted by Crippen LogP contribution is -2.56. The standard InChI is InChI=1S/C14H21NO2/c1-5-14-8-6-11(7-9-14)15(10-14)12(16)17-13(2,3)4/h1,11H,6-10H2,2-4H3. The molecule has 2 aliphatic heterocycles. The van der Waals surface area contributed by atoms with Crippen LogP contribution in [0.1, 0.15) is 46.5 Å². The van der Waals surface area contributed by atoms with E-state index in [1.165, 1.54) is 0 Å². The number of carbonyl (C=O) groups excluding carboxylic acids is 1. The second-order valence-electron chi connectivity index (χ2n) is 6.26. The molecule has 0 N–H and O–H groups in total. The van der Waals surface area contributed by atoms with Crippen molar-refractivity contribution in [3.8, 4) is 12.3 Å². The smallest absolute Gasteiger partial charge is 0.410 e. The minimum absolute atomic E-state index is 0.0916. The van der Waals surface area contributed by atoms with Crippen molar-refractivity contribution >= 4 is 6.09 Å². The summed E-state index contributed by atoms with van der Waals surface area (Å²) in [5.41, 5.74) is -0.525. The van der Waals surface area contributed by atoms with Crippen LogP contribution in [-0.2, 0) is 4.74 Å². The first-order valence-corrected chi connectivity index (χ1v) is 6.33. The lowest BCUT2D eigenvalue weighted by molar-refractivity contribution is -0.0259. The molecule has 1 amide bonds. The van der Waals surface area contributed by atoms with Crippen molar-refractivity contribution in [1.29, 1.82) is 0 Å². The Bertz CT molecular complexity index is 353. The van der Waals surface area contributed by atoms with E-state index in [0.717, 1.165) is 25.7 Å². The number of piperidine rings is 2. The third-order valence-corrected chi connectivity index (χ3v) is 3.76. The van der Waals surface area contributed by atoms with E-state index in [1.807, 2.05) is 25.7 Å². The van der Waals surface area contributed by atoms with Crippen LogP contribution >= 0.6 is 0 Å². The van der Waals surface area contributed by atoms with E-state index >= 15 is 0 Å². The first kappa shape index (κ1) is 12.3. The highest BCUT2D eigenvalue weighted by atomic mass is 16.6. The van der Waals surface area contributed by atoms with Gasteiger partial charge >= 0.3 is 6.09 Å². The predicted octanol–water partition coefficient (Wildman–Crippen LogP) is 2.80. The molecule has 3 aliphatic rings. The molecule has 94 valence electrons. The van der Waals surface area contributed by atoms with Gasteiger partial charge in [-0.3, -0.25) is 0 Å². The van der Waals surface area contributed by atoms with Gasteiger partial charge in [-0.05, 0) is 46.5 Å². The fraction of sp³-hybridized carbons (Fsp3) is 0.786. The summed E-state index contributed by atoms with van der Waals surface area (Å²) in [6.07, 6.45) is 9.56. The lowest BCUT2D eigenvalue weighted by atomic mass is 9.68. The second-order valence-corrected chi connectivity index (χ2v) is 6.26. The SMILES string of the molecule is C#CC12CCC(CC1)N(C(=O)OC(C)(C)C)C2. The van der Waals surface area contributed by atoms with Crippen molar-refractivity contribution < 1.29 is 9.53 Å². The maximum absolute atomic E-state index is 12.1. The molecule has 0 unspecified atom stereocenters.